The summed E-state index contributed by atoms with van der Waals surface area (Å²) in [6.45, 7) is 4.25. The molecule has 0 amide bonds. The summed E-state index contributed by atoms with van der Waals surface area (Å²) in [5.41, 5.74) is 0. The van der Waals surface area contributed by atoms with E-state index in [1.165, 1.54) is 6.07 Å². The van der Waals surface area contributed by atoms with E-state index in [4.69, 9.17) is 0 Å². The molecule has 0 nitrogen and oxygen atoms in total. The van der Waals surface area contributed by atoms with Crippen molar-refractivity contribution in [2.45, 2.75) is 13.1 Å². The first-order valence-electron chi connectivity index (χ1n) is 3.46. The van der Waals surface area contributed by atoms with Crippen molar-refractivity contribution >= 4 is 14.0 Å². The Morgan fingerprint density at radius 3 is 2.20 bits per heavy atom. The van der Waals surface area contributed by atoms with Crippen molar-refractivity contribution in [3.8, 4) is 0 Å². The first kappa shape index (κ1) is 7.47. The van der Waals surface area contributed by atoms with Crippen LogP contribution in [-0.2, 0) is 0 Å². The minimum Gasteiger partial charge on any atom is -0.207 e. The highest BCUT2D eigenvalue weighted by molar-refractivity contribution is 6.70. The second-order valence-corrected chi connectivity index (χ2v) is 5.61. The van der Waals surface area contributed by atoms with Crippen molar-refractivity contribution in [3.63, 3.8) is 0 Å². The van der Waals surface area contributed by atoms with E-state index in [0.717, 1.165) is 5.19 Å². The quantitative estimate of drug-likeness (QED) is 0.538. The maximum Gasteiger partial charge on any atom is 0.122 e. The Labute approximate surface area is 62.3 Å². The molecule has 0 unspecified atom stereocenters. The monoisotopic (exact) mass is 154 g/mol. The zero-order valence-electron chi connectivity index (χ0n) is 6.26. The molecule has 0 saturated heterocycles. The second kappa shape index (κ2) is 2.97. The number of hydrogen-bond donors (Lipinski definition) is 0. The molecule has 0 atom stereocenters. The second-order valence-electron chi connectivity index (χ2n) is 2.68. The summed E-state index contributed by atoms with van der Waals surface area (Å²) in [5, 5.41) is 0.933. The van der Waals surface area contributed by atoms with Crippen molar-refractivity contribution in [2.24, 2.45) is 0 Å². The molecular formula is C8H11FSi. The van der Waals surface area contributed by atoms with Gasteiger partial charge >= 0.3 is 0 Å². The molecule has 0 aliphatic carbocycles. The highest BCUT2D eigenvalue weighted by Crippen LogP contribution is 1.94. The van der Waals surface area contributed by atoms with Gasteiger partial charge in [0.05, 0.1) is 8.80 Å². The number of halogens is 1. The van der Waals surface area contributed by atoms with E-state index < -0.39 is 8.80 Å². The summed E-state index contributed by atoms with van der Waals surface area (Å²) >= 11 is 0. The molecule has 0 bridgehead atoms. The largest absolute Gasteiger partial charge is 0.207 e. The van der Waals surface area contributed by atoms with Crippen LogP contribution in [0.4, 0.5) is 4.39 Å². The van der Waals surface area contributed by atoms with Gasteiger partial charge in [-0.3, -0.25) is 0 Å². The van der Waals surface area contributed by atoms with Gasteiger partial charge in [0.2, 0.25) is 0 Å². The lowest BCUT2D eigenvalue weighted by Crippen LogP contribution is -2.25. The van der Waals surface area contributed by atoms with E-state index in [-0.39, 0.29) is 5.82 Å². The molecule has 0 fully saturated rings. The fraction of sp³-hybridized carbons (Fsp3) is 0.250. The Kier molecular flexibility index (Phi) is 2.22. The van der Waals surface area contributed by atoms with Crippen LogP contribution >= 0.6 is 0 Å². The van der Waals surface area contributed by atoms with Gasteiger partial charge in [-0.1, -0.05) is 31.3 Å². The molecule has 1 aromatic carbocycles. The standard InChI is InChI=1S/C8H11FSi/c1-10(2)8-6-4-3-5-7(8)9/h3-6,10H,1-2H3. The van der Waals surface area contributed by atoms with E-state index in [9.17, 15) is 4.39 Å². The van der Waals surface area contributed by atoms with Crippen molar-refractivity contribution in [2.75, 3.05) is 0 Å². The topological polar surface area (TPSA) is 0 Å². The van der Waals surface area contributed by atoms with Crippen LogP contribution < -0.4 is 5.19 Å². The van der Waals surface area contributed by atoms with Crippen LogP contribution in [0.3, 0.4) is 0 Å². The van der Waals surface area contributed by atoms with E-state index in [0.29, 0.717) is 0 Å². The van der Waals surface area contributed by atoms with Crippen LogP contribution in [-0.4, -0.2) is 8.80 Å². The highest BCUT2D eigenvalue weighted by atomic mass is 28.3. The summed E-state index contributed by atoms with van der Waals surface area (Å²) in [5.74, 6) is -0.0378. The van der Waals surface area contributed by atoms with Crippen molar-refractivity contribution < 1.29 is 4.39 Å². The van der Waals surface area contributed by atoms with Crippen LogP contribution in [0.25, 0.3) is 0 Å². The smallest absolute Gasteiger partial charge is 0.122 e. The summed E-state index contributed by atoms with van der Waals surface area (Å²) in [4.78, 5) is 0. The van der Waals surface area contributed by atoms with Crippen molar-refractivity contribution in [3.05, 3.63) is 30.1 Å². The summed E-state index contributed by atoms with van der Waals surface area (Å²) in [6, 6.07) is 7.04. The Bertz CT molecular complexity index is 220. The first-order chi connectivity index (χ1) is 4.72. The number of rotatable bonds is 1. The lowest BCUT2D eigenvalue weighted by molar-refractivity contribution is 0.635. The van der Waals surface area contributed by atoms with E-state index in [1.807, 2.05) is 12.1 Å². The van der Waals surface area contributed by atoms with Gasteiger partial charge in [-0.05, 0) is 11.3 Å². The van der Waals surface area contributed by atoms with Gasteiger partial charge in [0.1, 0.15) is 5.82 Å². The van der Waals surface area contributed by atoms with Crippen molar-refractivity contribution in [1.29, 1.82) is 0 Å². The molecular weight excluding hydrogens is 143 g/mol. The minimum absolute atomic E-state index is 0.0378. The van der Waals surface area contributed by atoms with Gasteiger partial charge in [-0.2, -0.15) is 0 Å². The molecule has 10 heavy (non-hydrogen) atoms. The first-order valence-corrected chi connectivity index (χ1v) is 6.35. The van der Waals surface area contributed by atoms with Gasteiger partial charge in [0.25, 0.3) is 0 Å². The van der Waals surface area contributed by atoms with Gasteiger partial charge in [-0.15, -0.1) is 0 Å². The number of hydrogen-bond acceptors (Lipinski definition) is 0. The molecule has 54 valence electrons. The fourth-order valence-electron chi connectivity index (χ4n) is 0.943. The highest BCUT2D eigenvalue weighted by Gasteiger charge is 2.04. The Morgan fingerprint density at radius 1 is 1.20 bits per heavy atom. The zero-order chi connectivity index (χ0) is 7.56. The molecule has 0 saturated carbocycles. The van der Waals surface area contributed by atoms with Gasteiger partial charge in [-0.25, -0.2) is 4.39 Å². The van der Waals surface area contributed by atoms with Gasteiger partial charge in [0.15, 0.2) is 0 Å². The summed E-state index contributed by atoms with van der Waals surface area (Å²) in [6.07, 6.45) is 0. The normalized spacial score (nSPS) is 10.4. The summed E-state index contributed by atoms with van der Waals surface area (Å²) < 4.78 is 12.9. The Hall–Kier alpha value is -0.633. The maximum atomic E-state index is 12.9. The maximum absolute atomic E-state index is 12.9. The third-order valence-corrected chi connectivity index (χ3v) is 3.24. The van der Waals surface area contributed by atoms with E-state index in [2.05, 4.69) is 13.1 Å². The molecule has 0 N–H and O–H groups in total. The lowest BCUT2D eigenvalue weighted by Gasteiger charge is -2.03. The molecule has 2 heteroatoms. The van der Waals surface area contributed by atoms with Gasteiger partial charge in [0, 0.05) is 0 Å². The molecule has 1 rings (SSSR count). The van der Waals surface area contributed by atoms with E-state index in [1.54, 1.807) is 6.07 Å². The molecule has 0 radical (unpaired) electrons. The predicted molar refractivity (Wildman–Crippen MR) is 44.9 cm³/mol. The zero-order valence-corrected chi connectivity index (χ0v) is 7.42. The predicted octanol–water partition coefficient (Wildman–Crippen LogP) is 1.52. The lowest BCUT2D eigenvalue weighted by atomic mass is 10.3. The average Bonchev–Trinajstić information content (AvgIpc) is 1.88. The average molecular weight is 154 g/mol. The van der Waals surface area contributed by atoms with Crippen LogP contribution in [0.2, 0.25) is 13.1 Å². The molecule has 0 aromatic heterocycles. The molecule has 0 heterocycles. The summed E-state index contributed by atoms with van der Waals surface area (Å²) in [7, 11) is -0.943. The molecule has 1 aromatic rings. The molecule has 0 spiro atoms. The van der Waals surface area contributed by atoms with Crippen LogP contribution in [0.15, 0.2) is 24.3 Å². The third kappa shape index (κ3) is 1.45. The van der Waals surface area contributed by atoms with E-state index >= 15 is 0 Å². The molecule has 0 aliphatic rings. The van der Waals surface area contributed by atoms with Gasteiger partial charge < -0.3 is 0 Å². The third-order valence-electron chi connectivity index (χ3n) is 1.53. The Morgan fingerprint density at radius 2 is 1.80 bits per heavy atom. The fourth-order valence-corrected chi connectivity index (χ4v) is 2.09. The van der Waals surface area contributed by atoms with Crippen molar-refractivity contribution in [1.82, 2.24) is 0 Å². The van der Waals surface area contributed by atoms with Crippen LogP contribution in [0.1, 0.15) is 0 Å². The van der Waals surface area contributed by atoms with Crippen LogP contribution in [0, 0.1) is 5.82 Å². The molecule has 0 aliphatic heterocycles. The minimum atomic E-state index is -0.943. The van der Waals surface area contributed by atoms with Crippen LogP contribution in [0.5, 0.6) is 0 Å². The SMILES string of the molecule is C[SiH](C)c1ccccc1F. The Balaban J connectivity index is 3.03. The number of benzene rings is 1.